The molecule has 3 aromatic rings. The van der Waals surface area contributed by atoms with Crippen LogP contribution in [0.15, 0.2) is 54.6 Å². The number of carbonyl (C=O) groups is 3. The third kappa shape index (κ3) is 3.63. The number of hydrogen-bond acceptors (Lipinski definition) is 5. The number of carboxylic acids is 2. The van der Waals surface area contributed by atoms with Gasteiger partial charge in [0.25, 0.3) is 5.91 Å². The number of aromatic nitrogens is 1. The zero-order valence-corrected chi connectivity index (χ0v) is 14.2. The van der Waals surface area contributed by atoms with Crippen LogP contribution in [0.2, 0.25) is 0 Å². The Balaban J connectivity index is 1.93. The average Bonchev–Trinajstić information content (AvgIpc) is 2.99. The fourth-order valence-electron chi connectivity index (χ4n) is 2.62. The van der Waals surface area contributed by atoms with E-state index in [0.717, 1.165) is 22.8 Å². The van der Waals surface area contributed by atoms with E-state index < -0.39 is 17.8 Å². The van der Waals surface area contributed by atoms with E-state index in [-0.39, 0.29) is 34.1 Å². The molecule has 0 aliphatic rings. The van der Waals surface area contributed by atoms with Crippen LogP contribution in [-0.2, 0) is 0 Å². The summed E-state index contributed by atoms with van der Waals surface area (Å²) >= 11 is 0. The van der Waals surface area contributed by atoms with Gasteiger partial charge in [-0.25, -0.2) is 9.59 Å². The van der Waals surface area contributed by atoms with Crippen molar-refractivity contribution in [2.75, 3.05) is 5.32 Å². The number of anilines is 1. The quantitative estimate of drug-likeness (QED) is 0.455. The number of rotatable bonds is 5. The summed E-state index contributed by atoms with van der Waals surface area (Å²) < 4.78 is 1.12. The summed E-state index contributed by atoms with van der Waals surface area (Å²) in [6, 6.07) is 11.8. The number of aromatic carboxylic acids is 2. The number of carbonyl (C=O) groups excluding carboxylic acids is 1. The van der Waals surface area contributed by atoms with Gasteiger partial charge in [0.15, 0.2) is 11.8 Å². The number of hydrogen-bond donors (Lipinski definition) is 5. The van der Waals surface area contributed by atoms with Crippen molar-refractivity contribution in [3.8, 4) is 17.4 Å². The molecule has 2 aromatic carbocycles. The molecule has 28 heavy (non-hydrogen) atoms. The number of aromatic hydroxyl groups is 2. The normalized spacial score (nSPS) is 10.4. The van der Waals surface area contributed by atoms with Gasteiger partial charge in [0.05, 0.1) is 16.8 Å². The lowest BCUT2D eigenvalue weighted by molar-refractivity contribution is 0.0696. The molecule has 1 aromatic heterocycles. The third-order valence-electron chi connectivity index (χ3n) is 3.89. The van der Waals surface area contributed by atoms with Crippen LogP contribution >= 0.6 is 0 Å². The Morgan fingerprint density at radius 2 is 1.32 bits per heavy atom. The number of benzene rings is 2. The van der Waals surface area contributed by atoms with Crippen LogP contribution < -0.4 is 5.32 Å². The minimum absolute atomic E-state index is 0.000591. The van der Waals surface area contributed by atoms with Crippen molar-refractivity contribution in [1.82, 2.24) is 4.57 Å². The third-order valence-corrected chi connectivity index (χ3v) is 3.89. The maximum atomic E-state index is 12.5. The molecule has 0 saturated carbocycles. The Morgan fingerprint density at radius 1 is 0.750 bits per heavy atom. The summed E-state index contributed by atoms with van der Waals surface area (Å²) in [7, 11) is 0. The van der Waals surface area contributed by atoms with Crippen LogP contribution in [0, 0.1) is 0 Å². The molecule has 0 saturated heterocycles. The van der Waals surface area contributed by atoms with Gasteiger partial charge >= 0.3 is 11.9 Å². The molecule has 1 amide bonds. The van der Waals surface area contributed by atoms with Crippen molar-refractivity contribution in [2.24, 2.45) is 0 Å². The van der Waals surface area contributed by atoms with E-state index >= 15 is 0 Å². The molecule has 0 bridgehead atoms. The predicted molar refractivity (Wildman–Crippen MR) is 97.4 cm³/mol. The Morgan fingerprint density at radius 3 is 1.86 bits per heavy atom. The first-order valence-electron chi connectivity index (χ1n) is 7.89. The molecule has 5 N–H and O–H groups in total. The summed E-state index contributed by atoms with van der Waals surface area (Å²) in [4.78, 5) is 34.9. The molecule has 0 aliphatic carbocycles. The SMILES string of the molecule is O=C(O)c1cc(NC(=O)c2cccc(-n3c(O)ccc3O)c2)cc(C(=O)O)c1. The number of nitrogens with zero attached hydrogens (tertiary/aromatic N) is 1. The van der Waals surface area contributed by atoms with E-state index in [1.54, 1.807) is 6.07 Å². The second-order valence-corrected chi connectivity index (χ2v) is 5.80. The highest BCUT2D eigenvalue weighted by molar-refractivity contribution is 6.06. The molecule has 0 unspecified atom stereocenters. The highest BCUT2D eigenvalue weighted by atomic mass is 16.4. The Hall–Kier alpha value is -4.27. The summed E-state index contributed by atoms with van der Waals surface area (Å²) in [6.45, 7) is 0. The lowest BCUT2D eigenvalue weighted by atomic mass is 10.1. The minimum Gasteiger partial charge on any atom is -0.494 e. The van der Waals surface area contributed by atoms with Crippen LogP contribution in [0.3, 0.4) is 0 Å². The van der Waals surface area contributed by atoms with Crippen molar-refractivity contribution in [2.45, 2.75) is 0 Å². The van der Waals surface area contributed by atoms with Gasteiger partial charge in [-0.2, -0.15) is 0 Å². The highest BCUT2D eigenvalue weighted by Gasteiger charge is 2.15. The number of amides is 1. The first-order chi connectivity index (χ1) is 13.3. The number of carboxylic acid groups (broad SMARTS) is 2. The van der Waals surface area contributed by atoms with Gasteiger partial charge in [-0.3, -0.25) is 9.36 Å². The molecule has 9 nitrogen and oxygen atoms in total. The van der Waals surface area contributed by atoms with E-state index in [1.807, 2.05) is 0 Å². The Kier molecular flexibility index (Phi) is 4.73. The molecule has 142 valence electrons. The molecule has 0 atom stereocenters. The maximum Gasteiger partial charge on any atom is 0.335 e. The van der Waals surface area contributed by atoms with Crippen molar-refractivity contribution in [3.63, 3.8) is 0 Å². The van der Waals surface area contributed by atoms with E-state index in [9.17, 15) is 24.6 Å². The molecule has 1 heterocycles. The van der Waals surface area contributed by atoms with Gasteiger partial charge in [0.2, 0.25) is 0 Å². The standard InChI is InChI=1S/C19H14N2O7/c22-15-4-5-16(23)21(15)14-3-1-2-10(9-14)17(24)20-13-7-11(18(25)26)6-12(8-13)19(27)28/h1-9,22-23H,(H,20,24)(H,25,26)(H,27,28). The Labute approximate surface area is 157 Å². The van der Waals surface area contributed by atoms with Gasteiger partial charge in [-0.15, -0.1) is 0 Å². The topological polar surface area (TPSA) is 149 Å². The van der Waals surface area contributed by atoms with E-state index in [4.69, 9.17) is 10.2 Å². The van der Waals surface area contributed by atoms with E-state index in [2.05, 4.69) is 5.32 Å². The van der Waals surface area contributed by atoms with Crippen LogP contribution in [0.4, 0.5) is 5.69 Å². The van der Waals surface area contributed by atoms with Gasteiger partial charge in [0, 0.05) is 23.4 Å². The lowest BCUT2D eigenvalue weighted by Gasteiger charge is -2.10. The largest absolute Gasteiger partial charge is 0.494 e. The van der Waals surface area contributed by atoms with Gasteiger partial charge in [0.1, 0.15) is 0 Å². The van der Waals surface area contributed by atoms with Gasteiger partial charge < -0.3 is 25.7 Å². The van der Waals surface area contributed by atoms with Crippen LogP contribution in [0.5, 0.6) is 11.8 Å². The minimum atomic E-state index is -1.33. The molecule has 9 heteroatoms. The summed E-state index contributed by atoms with van der Waals surface area (Å²) in [6.07, 6.45) is 0. The van der Waals surface area contributed by atoms with Gasteiger partial charge in [-0.05, 0) is 36.4 Å². The zero-order chi connectivity index (χ0) is 20.4. The summed E-state index contributed by atoms with van der Waals surface area (Å²) in [5.74, 6) is -3.75. The second-order valence-electron chi connectivity index (χ2n) is 5.80. The monoisotopic (exact) mass is 382 g/mol. The first kappa shape index (κ1) is 18.5. The molecular weight excluding hydrogens is 368 g/mol. The van der Waals surface area contributed by atoms with Crippen LogP contribution in [0.25, 0.3) is 5.69 Å². The Bertz CT molecular complexity index is 1050. The molecular formula is C19H14N2O7. The smallest absolute Gasteiger partial charge is 0.335 e. The first-order valence-corrected chi connectivity index (χ1v) is 7.89. The fraction of sp³-hybridized carbons (Fsp3) is 0. The average molecular weight is 382 g/mol. The molecule has 0 fully saturated rings. The van der Waals surface area contributed by atoms with E-state index in [1.165, 1.54) is 30.3 Å². The lowest BCUT2D eigenvalue weighted by Crippen LogP contribution is -2.14. The molecule has 3 rings (SSSR count). The van der Waals surface area contributed by atoms with Crippen molar-refractivity contribution < 1.29 is 34.8 Å². The van der Waals surface area contributed by atoms with Crippen LogP contribution in [0.1, 0.15) is 31.1 Å². The summed E-state index contributed by atoms with van der Waals surface area (Å²) in [5.41, 5.74) is -0.114. The maximum absolute atomic E-state index is 12.5. The summed E-state index contributed by atoms with van der Waals surface area (Å²) in [5, 5.41) is 40.3. The van der Waals surface area contributed by atoms with Crippen molar-refractivity contribution >= 4 is 23.5 Å². The molecule has 0 radical (unpaired) electrons. The van der Waals surface area contributed by atoms with Crippen molar-refractivity contribution in [1.29, 1.82) is 0 Å². The molecule has 0 aliphatic heterocycles. The van der Waals surface area contributed by atoms with Crippen LogP contribution in [-0.4, -0.2) is 42.8 Å². The highest BCUT2D eigenvalue weighted by Crippen LogP contribution is 2.27. The zero-order valence-electron chi connectivity index (χ0n) is 14.2. The number of nitrogens with one attached hydrogen (secondary N) is 1. The van der Waals surface area contributed by atoms with Gasteiger partial charge in [-0.1, -0.05) is 6.07 Å². The molecule has 0 spiro atoms. The predicted octanol–water partition coefficient (Wildman–Crippen LogP) is 2.54. The van der Waals surface area contributed by atoms with Crippen molar-refractivity contribution in [3.05, 3.63) is 71.3 Å². The fourth-order valence-corrected chi connectivity index (χ4v) is 2.62. The van der Waals surface area contributed by atoms with E-state index in [0.29, 0.717) is 5.69 Å². The second kappa shape index (κ2) is 7.16.